The molecule has 5 nitrogen and oxygen atoms in total. The quantitative estimate of drug-likeness (QED) is 0.744. The lowest BCUT2D eigenvalue weighted by molar-refractivity contribution is 0.585. The van der Waals surface area contributed by atoms with E-state index in [1.165, 1.54) is 0 Å². The summed E-state index contributed by atoms with van der Waals surface area (Å²) >= 11 is 0. The maximum absolute atomic E-state index is 5.25. The number of rotatable bonds is 2. The molecule has 66 valence electrons. The molecule has 0 radical (unpaired) electrons. The Hall–Kier alpha value is -1.91. The predicted molar refractivity (Wildman–Crippen MR) is 47.1 cm³/mol. The molecular weight excluding hydrogens is 168 g/mol. The van der Waals surface area contributed by atoms with Crippen LogP contribution in [0.25, 0.3) is 11.5 Å². The lowest BCUT2D eigenvalue weighted by Gasteiger charge is -1.90. The Morgan fingerprint density at radius 2 is 2.31 bits per heavy atom. The Balaban J connectivity index is 2.36. The van der Waals surface area contributed by atoms with Crippen LogP contribution in [0.3, 0.4) is 0 Å². The third-order valence-corrected chi connectivity index (χ3v) is 1.55. The van der Waals surface area contributed by atoms with Gasteiger partial charge in [-0.15, -0.1) is 5.10 Å². The van der Waals surface area contributed by atoms with E-state index in [-0.39, 0.29) is 0 Å². The van der Waals surface area contributed by atoms with Crippen molar-refractivity contribution in [3.8, 4) is 11.5 Å². The van der Waals surface area contributed by atoms with E-state index in [0.717, 1.165) is 5.56 Å². The van der Waals surface area contributed by atoms with Crippen molar-refractivity contribution in [3.63, 3.8) is 0 Å². The van der Waals surface area contributed by atoms with Crippen molar-refractivity contribution in [2.45, 2.75) is 0 Å². The van der Waals surface area contributed by atoms with E-state index in [2.05, 4.69) is 20.5 Å². The van der Waals surface area contributed by atoms with Crippen LogP contribution in [0.1, 0.15) is 0 Å². The highest BCUT2D eigenvalue weighted by Crippen LogP contribution is 2.17. The summed E-state index contributed by atoms with van der Waals surface area (Å²) in [7, 11) is 1.72. The van der Waals surface area contributed by atoms with Crippen molar-refractivity contribution >= 4 is 6.01 Å². The number of nitrogens with one attached hydrogen (secondary N) is 1. The normalized spacial score (nSPS) is 9.92. The van der Waals surface area contributed by atoms with E-state index in [4.69, 9.17) is 4.42 Å². The van der Waals surface area contributed by atoms with Crippen LogP contribution in [-0.2, 0) is 0 Å². The Labute approximate surface area is 74.8 Å². The van der Waals surface area contributed by atoms with Gasteiger partial charge in [-0.05, 0) is 12.1 Å². The van der Waals surface area contributed by atoms with Gasteiger partial charge in [-0.3, -0.25) is 4.98 Å². The number of pyridine rings is 1. The highest BCUT2D eigenvalue weighted by molar-refractivity contribution is 5.51. The number of hydrogen-bond donors (Lipinski definition) is 1. The minimum Gasteiger partial charge on any atom is -0.403 e. The van der Waals surface area contributed by atoms with Gasteiger partial charge in [0.05, 0.1) is 5.56 Å². The SMILES string of the molecule is CNc1nnc(-c2cccnc2)o1. The first-order valence-electron chi connectivity index (χ1n) is 3.82. The molecule has 0 saturated carbocycles. The van der Waals surface area contributed by atoms with Crippen molar-refractivity contribution in [2.75, 3.05) is 12.4 Å². The summed E-state index contributed by atoms with van der Waals surface area (Å²) in [4.78, 5) is 3.95. The summed E-state index contributed by atoms with van der Waals surface area (Å²) in [6, 6.07) is 4.08. The summed E-state index contributed by atoms with van der Waals surface area (Å²) in [5.74, 6) is 0.470. The van der Waals surface area contributed by atoms with Crippen molar-refractivity contribution < 1.29 is 4.42 Å². The molecule has 0 aromatic carbocycles. The molecule has 0 saturated heterocycles. The molecule has 0 fully saturated rings. The van der Waals surface area contributed by atoms with Crippen molar-refractivity contribution in [1.29, 1.82) is 0 Å². The first-order valence-corrected chi connectivity index (χ1v) is 3.82. The van der Waals surface area contributed by atoms with Gasteiger partial charge in [0.15, 0.2) is 0 Å². The van der Waals surface area contributed by atoms with Crippen LogP contribution < -0.4 is 5.32 Å². The highest BCUT2D eigenvalue weighted by atomic mass is 16.4. The number of aromatic nitrogens is 3. The maximum atomic E-state index is 5.25. The predicted octanol–water partition coefficient (Wildman–Crippen LogP) is 1.17. The summed E-state index contributed by atoms with van der Waals surface area (Å²) in [6.45, 7) is 0. The van der Waals surface area contributed by atoms with Crippen LogP contribution in [0.4, 0.5) is 6.01 Å². The van der Waals surface area contributed by atoms with E-state index in [1.54, 1.807) is 19.4 Å². The molecule has 0 aliphatic heterocycles. The van der Waals surface area contributed by atoms with Gasteiger partial charge in [-0.25, -0.2) is 0 Å². The smallest absolute Gasteiger partial charge is 0.315 e. The third kappa shape index (κ3) is 1.48. The summed E-state index contributed by atoms with van der Waals surface area (Å²) in [5, 5.41) is 10.4. The molecule has 0 spiro atoms. The largest absolute Gasteiger partial charge is 0.403 e. The molecule has 0 aliphatic rings. The Morgan fingerprint density at radius 1 is 1.38 bits per heavy atom. The Bertz CT molecular complexity index is 384. The second-order valence-corrected chi connectivity index (χ2v) is 2.40. The van der Waals surface area contributed by atoms with Gasteiger partial charge in [-0.2, -0.15) is 0 Å². The second kappa shape index (κ2) is 3.22. The fourth-order valence-corrected chi connectivity index (χ4v) is 0.930. The van der Waals surface area contributed by atoms with E-state index >= 15 is 0 Å². The van der Waals surface area contributed by atoms with E-state index in [9.17, 15) is 0 Å². The van der Waals surface area contributed by atoms with Crippen molar-refractivity contribution in [3.05, 3.63) is 24.5 Å². The number of hydrogen-bond acceptors (Lipinski definition) is 5. The molecule has 1 N–H and O–H groups in total. The Kier molecular flexibility index (Phi) is 1.91. The molecule has 0 unspecified atom stereocenters. The van der Waals surface area contributed by atoms with Gasteiger partial charge in [0, 0.05) is 19.4 Å². The molecule has 2 aromatic rings. The first kappa shape index (κ1) is 7.72. The topological polar surface area (TPSA) is 63.8 Å². The highest BCUT2D eigenvalue weighted by Gasteiger charge is 2.05. The van der Waals surface area contributed by atoms with Gasteiger partial charge in [-0.1, -0.05) is 5.10 Å². The van der Waals surface area contributed by atoms with E-state index in [1.807, 2.05) is 12.1 Å². The van der Waals surface area contributed by atoms with E-state index in [0.29, 0.717) is 11.9 Å². The van der Waals surface area contributed by atoms with Crippen molar-refractivity contribution in [1.82, 2.24) is 15.2 Å². The average molecular weight is 176 g/mol. The van der Waals surface area contributed by atoms with Crippen LogP contribution in [-0.4, -0.2) is 22.2 Å². The lowest BCUT2D eigenvalue weighted by atomic mass is 10.3. The minimum atomic E-state index is 0.402. The molecule has 2 heterocycles. The summed E-state index contributed by atoms with van der Waals surface area (Å²) < 4.78 is 5.25. The molecule has 5 heteroatoms. The molecule has 2 rings (SSSR count). The van der Waals surface area contributed by atoms with E-state index < -0.39 is 0 Å². The molecule has 0 amide bonds. The summed E-state index contributed by atoms with van der Waals surface area (Å²) in [5.41, 5.74) is 0.816. The van der Waals surface area contributed by atoms with Gasteiger partial charge in [0.25, 0.3) is 5.89 Å². The van der Waals surface area contributed by atoms with Crippen LogP contribution >= 0.6 is 0 Å². The third-order valence-electron chi connectivity index (χ3n) is 1.55. The summed E-state index contributed by atoms with van der Waals surface area (Å²) in [6.07, 6.45) is 3.37. The monoisotopic (exact) mass is 176 g/mol. The standard InChI is InChI=1S/C8H8N4O/c1-9-8-12-11-7(13-8)6-3-2-4-10-5-6/h2-5H,1H3,(H,9,12). The molecule has 2 aromatic heterocycles. The Morgan fingerprint density at radius 3 is 2.92 bits per heavy atom. The number of anilines is 1. The maximum Gasteiger partial charge on any atom is 0.315 e. The lowest BCUT2D eigenvalue weighted by Crippen LogP contribution is -1.85. The van der Waals surface area contributed by atoms with Gasteiger partial charge >= 0.3 is 6.01 Å². The molecular formula is C8H8N4O. The van der Waals surface area contributed by atoms with Crippen LogP contribution in [0.2, 0.25) is 0 Å². The zero-order chi connectivity index (χ0) is 9.10. The van der Waals surface area contributed by atoms with Crippen LogP contribution in [0.15, 0.2) is 28.9 Å². The molecule has 0 bridgehead atoms. The van der Waals surface area contributed by atoms with Gasteiger partial charge < -0.3 is 9.73 Å². The molecule has 0 atom stereocenters. The average Bonchev–Trinajstić information content (AvgIpc) is 2.67. The van der Waals surface area contributed by atoms with Gasteiger partial charge in [0.1, 0.15) is 0 Å². The van der Waals surface area contributed by atoms with Crippen molar-refractivity contribution in [2.24, 2.45) is 0 Å². The zero-order valence-corrected chi connectivity index (χ0v) is 7.06. The fourth-order valence-electron chi connectivity index (χ4n) is 0.930. The van der Waals surface area contributed by atoms with Crippen LogP contribution in [0, 0.1) is 0 Å². The fraction of sp³-hybridized carbons (Fsp3) is 0.125. The molecule has 13 heavy (non-hydrogen) atoms. The number of nitrogens with zero attached hydrogens (tertiary/aromatic N) is 3. The zero-order valence-electron chi connectivity index (χ0n) is 7.06. The first-order chi connectivity index (χ1) is 6.40. The molecule has 0 aliphatic carbocycles. The second-order valence-electron chi connectivity index (χ2n) is 2.40. The van der Waals surface area contributed by atoms with Gasteiger partial charge in [0.2, 0.25) is 0 Å². The van der Waals surface area contributed by atoms with Crippen LogP contribution in [0.5, 0.6) is 0 Å². The minimum absolute atomic E-state index is 0.402.